The quantitative estimate of drug-likeness (QED) is 0.253. The molecule has 174 valence electrons. The van der Waals surface area contributed by atoms with Crippen LogP contribution in [0.25, 0.3) is 0 Å². The lowest BCUT2D eigenvalue weighted by molar-refractivity contribution is -0.384. The number of ether oxygens (including phenoxy) is 3. The number of nitrogens with two attached hydrogens (primary N) is 1. The van der Waals surface area contributed by atoms with Gasteiger partial charge in [-0.25, -0.2) is 9.59 Å². The normalized spacial score (nSPS) is 14.2. The van der Waals surface area contributed by atoms with Crippen molar-refractivity contribution in [2.24, 2.45) is 5.73 Å². The highest BCUT2D eigenvalue weighted by molar-refractivity contribution is 5.91. The first-order valence-corrected chi connectivity index (χ1v) is 10.2. The van der Waals surface area contributed by atoms with Gasteiger partial charge in [-0.05, 0) is 35.9 Å². The van der Waals surface area contributed by atoms with E-state index in [0.29, 0.717) is 16.7 Å². The van der Waals surface area contributed by atoms with Gasteiger partial charge in [-0.15, -0.1) is 0 Å². The fourth-order valence-corrected chi connectivity index (χ4v) is 3.66. The van der Waals surface area contributed by atoms with Crippen LogP contribution in [0.3, 0.4) is 0 Å². The van der Waals surface area contributed by atoms with E-state index in [9.17, 15) is 25.0 Å². The summed E-state index contributed by atoms with van der Waals surface area (Å²) in [6.07, 6.45) is 0. The maximum absolute atomic E-state index is 12.5. The Kier molecular flexibility index (Phi) is 6.16. The highest BCUT2D eigenvalue weighted by Crippen LogP contribution is 2.43. The first kappa shape index (κ1) is 23.0. The fraction of sp³-hybridized carbons (Fsp3) is 0.0800. The molecule has 0 spiro atoms. The number of nitro benzene ring substituents is 1. The maximum Gasteiger partial charge on any atom is 0.343 e. The second-order valence-corrected chi connectivity index (χ2v) is 7.43. The molecule has 2 N–H and O–H groups in total. The smallest absolute Gasteiger partial charge is 0.343 e. The summed E-state index contributed by atoms with van der Waals surface area (Å²) in [5, 5.41) is 20.5. The number of nitro groups is 1. The number of carbonyl (C=O) groups excluding carboxylic acids is 2. The number of nitriles is 1. The number of hydrogen-bond donors (Lipinski definition) is 1. The Bertz CT molecular complexity index is 1400. The average molecular weight is 471 g/mol. The van der Waals surface area contributed by atoms with Crippen LogP contribution < -0.4 is 15.2 Å². The average Bonchev–Trinajstić information content (AvgIpc) is 2.87. The first-order chi connectivity index (χ1) is 16.8. The van der Waals surface area contributed by atoms with E-state index in [1.807, 2.05) is 0 Å². The van der Waals surface area contributed by atoms with Crippen molar-refractivity contribution >= 4 is 17.6 Å². The number of hydrogen-bond acceptors (Lipinski definition) is 9. The Balaban J connectivity index is 1.63. The molecule has 1 aliphatic rings. The summed E-state index contributed by atoms with van der Waals surface area (Å²) in [6, 6.07) is 18.3. The van der Waals surface area contributed by atoms with Gasteiger partial charge in [0.25, 0.3) is 5.69 Å². The molecule has 1 aliphatic heterocycles. The molecule has 0 radical (unpaired) electrons. The number of carbonyl (C=O) groups is 2. The number of rotatable bonds is 5. The Morgan fingerprint density at radius 2 is 1.66 bits per heavy atom. The Morgan fingerprint density at radius 1 is 1.03 bits per heavy atom. The largest absolute Gasteiger partial charge is 0.465 e. The molecule has 0 fully saturated rings. The van der Waals surface area contributed by atoms with Crippen molar-refractivity contribution in [1.29, 1.82) is 5.26 Å². The zero-order chi connectivity index (χ0) is 25.1. The fourth-order valence-electron chi connectivity index (χ4n) is 3.66. The third-order valence-electron chi connectivity index (χ3n) is 5.38. The molecular weight excluding hydrogens is 454 g/mol. The van der Waals surface area contributed by atoms with Crippen molar-refractivity contribution in [3.63, 3.8) is 0 Å². The minimum atomic E-state index is -0.716. The van der Waals surface area contributed by atoms with Gasteiger partial charge < -0.3 is 19.9 Å². The molecule has 0 bridgehead atoms. The number of methoxy groups -OCH3 is 1. The summed E-state index contributed by atoms with van der Waals surface area (Å²) in [7, 11) is 1.29. The van der Waals surface area contributed by atoms with Crippen LogP contribution in [0.5, 0.6) is 11.5 Å². The molecule has 35 heavy (non-hydrogen) atoms. The number of fused-ring (bicyclic) bond motifs is 1. The Labute approximate surface area is 198 Å². The van der Waals surface area contributed by atoms with Gasteiger partial charge in [-0.2, -0.15) is 5.26 Å². The summed E-state index contributed by atoms with van der Waals surface area (Å²) in [6.45, 7) is 0. The predicted octanol–water partition coefficient (Wildman–Crippen LogP) is 3.82. The summed E-state index contributed by atoms with van der Waals surface area (Å²) >= 11 is 0. The monoisotopic (exact) mass is 471 g/mol. The standard InChI is InChI=1S/C25H17N3O7/c1-33-24(29)15-4-2-14(3-5-15)22-19-11-10-18(12-21(19)35-23(27)20(22)13-26)34-25(30)16-6-8-17(9-7-16)28(31)32/h2-12,22H,27H2,1H3. The molecule has 1 atom stereocenters. The third-order valence-corrected chi connectivity index (χ3v) is 5.38. The molecule has 3 aromatic rings. The molecule has 10 nitrogen and oxygen atoms in total. The Hall–Kier alpha value is -5.17. The first-order valence-electron chi connectivity index (χ1n) is 10.2. The molecule has 0 aliphatic carbocycles. The van der Waals surface area contributed by atoms with Gasteiger partial charge in [0.2, 0.25) is 5.88 Å². The van der Waals surface area contributed by atoms with Gasteiger partial charge in [0.1, 0.15) is 23.1 Å². The van der Waals surface area contributed by atoms with Gasteiger partial charge in [-0.1, -0.05) is 18.2 Å². The highest BCUT2D eigenvalue weighted by Gasteiger charge is 2.31. The van der Waals surface area contributed by atoms with E-state index in [4.69, 9.17) is 19.9 Å². The predicted molar refractivity (Wildman–Crippen MR) is 122 cm³/mol. The van der Waals surface area contributed by atoms with E-state index in [0.717, 1.165) is 0 Å². The van der Waals surface area contributed by atoms with E-state index in [1.54, 1.807) is 30.3 Å². The van der Waals surface area contributed by atoms with Crippen molar-refractivity contribution < 1.29 is 28.7 Å². The van der Waals surface area contributed by atoms with Gasteiger partial charge in [-0.3, -0.25) is 10.1 Å². The number of esters is 2. The van der Waals surface area contributed by atoms with Gasteiger partial charge >= 0.3 is 11.9 Å². The van der Waals surface area contributed by atoms with Crippen LogP contribution in [0.4, 0.5) is 5.69 Å². The Morgan fingerprint density at radius 3 is 2.26 bits per heavy atom. The molecule has 3 aromatic carbocycles. The number of allylic oxidation sites excluding steroid dienone is 1. The minimum Gasteiger partial charge on any atom is -0.465 e. The van der Waals surface area contributed by atoms with Crippen LogP contribution >= 0.6 is 0 Å². The van der Waals surface area contributed by atoms with Gasteiger partial charge in [0.15, 0.2) is 0 Å². The molecular formula is C25H17N3O7. The van der Waals surface area contributed by atoms with Crippen molar-refractivity contribution in [2.45, 2.75) is 5.92 Å². The zero-order valence-corrected chi connectivity index (χ0v) is 18.3. The SMILES string of the molecule is COC(=O)c1ccc(C2C(C#N)=C(N)Oc3cc(OC(=O)c4ccc([N+](=O)[O-])cc4)ccc32)cc1. The molecule has 0 amide bonds. The van der Waals surface area contributed by atoms with E-state index in [2.05, 4.69) is 6.07 Å². The molecule has 0 aromatic heterocycles. The maximum atomic E-state index is 12.5. The van der Waals surface area contributed by atoms with Gasteiger partial charge in [0, 0.05) is 23.8 Å². The third kappa shape index (κ3) is 4.51. The van der Waals surface area contributed by atoms with E-state index < -0.39 is 22.8 Å². The van der Waals surface area contributed by atoms with Gasteiger partial charge in [0.05, 0.1) is 29.1 Å². The lowest BCUT2D eigenvalue weighted by Crippen LogP contribution is -2.21. The summed E-state index contributed by atoms with van der Waals surface area (Å²) in [5.74, 6) is -1.43. The number of non-ortho nitro benzene ring substituents is 1. The van der Waals surface area contributed by atoms with Crippen LogP contribution in [0.1, 0.15) is 37.8 Å². The topological polar surface area (TPSA) is 155 Å². The number of nitrogens with zero attached hydrogens (tertiary/aromatic N) is 2. The van der Waals surface area contributed by atoms with Crippen LogP contribution in [-0.4, -0.2) is 24.0 Å². The lowest BCUT2D eigenvalue weighted by Gasteiger charge is -2.26. The highest BCUT2D eigenvalue weighted by atomic mass is 16.6. The van der Waals surface area contributed by atoms with Crippen molar-refractivity contribution in [3.05, 3.63) is 111 Å². The second-order valence-electron chi connectivity index (χ2n) is 7.43. The number of benzene rings is 3. The molecule has 0 saturated heterocycles. The molecule has 0 saturated carbocycles. The zero-order valence-electron chi connectivity index (χ0n) is 18.3. The molecule has 10 heteroatoms. The second kappa shape index (κ2) is 9.36. The molecule has 4 rings (SSSR count). The minimum absolute atomic E-state index is 0.0964. The molecule has 1 heterocycles. The van der Waals surface area contributed by atoms with Crippen molar-refractivity contribution in [3.8, 4) is 17.6 Å². The van der Waals surface area contributed by atoms with E-state index >= 15 is 0 Å². The summed E-state index contributed by atoms with van der Waals surface area (Å²) in [5.41, 5.74) is 7.84. The molecule has 1 unspecified atom stereocenters. The van der Waals surface area contributed by atoms with Crippen LogP contribution in [0.15, 0.2) is 78.2 Å². The summed E-state index contributed by atoms with van der Waals surface area (Å²) < 4.78 is 15.7. The van der Waals surface area contributed by atoms with E-state index in [1.165, 1.54) is 43.5 Å². The van der Waals surface area contributed by atoms with Crippen molar-refractivity contribution in [1.82, 2.24) is 0 Å². The van der Waals surface area contributed by atoms with Crippen LogP contribution in [0.2, 0.25) is 0 Å². The van der Waals surface area contributed by atoms with Crippen LogP contribution in [-0.2, 0) is 4.74 Å². The summed E-state index contributed by atoms with van der Waals surface area (Å²) in [4.78, 5) is 34.5. The lowest BCUT2D eigenvalue weighted by atomic mass is 9.83. The van der Waals surface area contributed by atoms with E-state index in [-0.39, 0.29) is 34.2 Å². The van der Waals surface area contributed by atoms with Crippen molar-refractivity contribution in [2.75, 3.05) is 7.11 Å². The van der Waals surface area contributed by atoms with Crippen LogP contribution in [0, 0.1) is 21.4 Å².